The third-order valence-electron chi connectivity index (χ3n) is 10.2. The van der Waals surface area contributed by atoms with Gasteiger partial charge in [0.25, 0.3) is 0 Å². The van der Waals surface area contributed by atoms with Crippen LogP contribution in [0.5, 0.6) is 0 Å². The monoisotopic (exact) mass is 642 g/mol. The van der Waals surface area contributed by atoms with Gasteiger partial charge in [-0.15, -0.1) is 0 Å². The van der Waals surface area contributed by atoms with Crippen LogP contribution in [-0.2, 0) is 22.4 Å². The molecular weight excluding hydrogens is 600 g/mol. The van der Waals surface area contributed by atoms with Gasteiger partial charge in [0, 0.05) is 14.1 Å². The molecule has 0 unspecified atom stereocenters. The van der Waals surface area contributed by atoms with Crippen LogP contribution in [0.25, 0.3) is 0 Å². The molecule has 0 aliphatic carbocycles. The first-order chi connectivity index (χ1) is 23.2. The summed E-state index contributed by atoms with van der Waals surface area (Å²) in [5.74, 6) is -2.74. The van der Waals surface area contributed by atoms with Gasteiger partial charge in [0.2, 0.25) is 11.8 Å². The molecule has 0 aromatic heterocycles. The summed E-state index contributed by atoms with van der Waals surface area (Å²) in [6.07, 6.45) is 0.436. The van der Waals surface area contributed by atoms with Crippen LogP contribution in [0.3, 0.4) is 0 Å². The van der Waals surface area contributed by atoms with Crippen LogP contribution in [0.4, 0.5) is 9.59 Å². The van der Waals surface area contributed by atoms with Gasteiger partial charge in [-0.3, -0.25) is 19.4 Å². The topological polar surface area (TPSA) is 81.2 Å². The van der Waals surface area contributed by atoms with Crippen molar-refractivity contribution < 1.29 is 19.2 Å². The smallest absolute Gasteiger partial charge is 0.322 e. The molecule has 0 radical (unpaired) electrons. The van der Waals surface area contributed by atoms with Gasteiger partial charge in [-0.2, -0.15) is 0 Å². The molecule has 2 aliphatic heterocycles. The van der Waals surface area contributed by atoms with Crippen LogP contribution in [-0.4, -0.2) is 69.7 Å². The predicted molar refractivity (Wildman–Crippen MR) is 185 cm³/mol. The van der Waals surface area contributed by atoms with Crippen molar-refractivity contribution >= 4 is 23.9 Å². The van der Waals surface area contributed by atoms with Crippen LogP contribution in [0.2, 0.25) is 0 Å². The lowest BCUT2D eigenvalue weighted by atomic mass is 9.80. The largest absolute Gasteiger partial charge is 0.327 e. The van der Waals surface area contributed by atoms with Crippen molar-refractivity contribution in [3.05, 3.63) is 144 Å². The third-order valence-corrected chi connectivity index (χ3v) is 10.2. The van der Waals surface area contributed by atoms with E-state index in [0.29, 0.717) is 0 Å². The van der Waals surface area contributed by atoms with Gasteiger partial charge in [0.15, 0.2) is 0 Å². The second-order valence-electron chi connectivity index (χ2n) is 13.0. The molecule has 6 amide bonds. The highest BCUT2D eigenvalue weighted by Gasteiger charge is 2.52. The van der Waals surface area contributed by atoms with Crippen molar-refractivity contribution in [2.24, 2.45) is 11.8 Å². The highest BCUT2D eigenvalue weighted by Crippen LogP contribution is 2.41. The molecule has 6 atom stereocenters. The van der Waals surface area contributed by atoms with Gasteiger partial charge in [0.05, 0.1) is 36.0 Å². The Morgan fingerprint density at radius 2 is 0.812 bits per heavy atom. The number of likely N-dealkylation sites (N-methyl/N-ethyl adjacent to an activating group) is 2. The lowest BCUT2D eigenvalue weighted by Gasteiger charge is -2.34. The van der Waals surface area contributed by atoms with Crippen LogP contribution >= 0.6 is 0 Å². The fourth-order valence-electron chi connectivity index (χ4n) is 7.30. The number of hydrogen-bond acceptors (Lipinski definition) is 4. The number of carbonyl (C=O) groups is 4. The molecular formula is C40H42N4O4. The molecule has 2 saturated heterocycles. The van der Waals surface area contributed by atoms with Crippen LogP contribution in [0, 0.1) is 11.8 Å². The number of hydrogen-bond donors (Lipinski definition) is 0. The first-order valence-corrected chi connectivity index (χ1v) is 16.6. The van der Waals surface area contributed by atoms with E-state index in [1.54, 1.807) is 23.9 Å². The van der Waals surface area contributed by atoms with Gasteiger partial charge >= 0.3 is 12.1 Å². The Labute approximate surface area is 282 Å². The lowest BCUT2D eigenvalue weighted by molar-refractivity contribution is -0.144. The first-order valence-electron chi connectivity index (χ1n) is 16.6. The maximum atomic E-state index is 15.2. The van der Waals surface area contributed by atoms with E-state index in [-0.39, 0.29) is 24.9 Å². The van der Waals surface area contributed by atoms with Gasteiger partial charge in [-0.05, 0) is 48.9 Å². The van der Waals surface area contributed by atoms with E-state index < -0.39 is 47.8 Å². The summed E-state index contributed by atoms with van der Waals surface area (Å²) in [6, 6.07) is 35.8. The molecule has 4 aromatic carbocycles. The summed E-state index contributed by atoms with van der Waals surface area (Å²) >= 11 is 0. The lowest BCUT2D eigenvalue weighted by Crippen LogP contribution is -2.49. The van der Waals surface area contributed by atoms with E-state index in [9.17, 15) is 9.59 Å². The molecule has 0 bridgehead atoms. The molecule has 2 heterocycles. The second kappa shape index (κ2) is 13.9. The minimum atomic E-state index is -0.945. The standard InChI is InChI=1S/C40H42N4O4/c1-27-35(31-21-13-7-14-22-31)43(39(47)41(27)3)37(45)33(25-29-17-9-5-10-18-29)34(26-30-19-11-6-12-20-30)38(46)44-36(28(2)42(4)40(44)48)32-23-15-8-16-24-32/h5-24,27-28,33-36H,25-26H2,1-4H3/t27-,28-,33+,34+,35-,36-/m1/s1. The SMILES string of the molecule is C[C@@H]1[C@H](c2ccccc2)N(C(=O)[C@@H](Cc2ccccc2)[C@H](Cc2ccccc2)C(=O)N2C(=O)N(C)[C@H](C)[C@@H]2c2ccccc2)C(=O)N1C. The normalized spacial score (nSPS) is 22.2. The van der Waals surface area contributed by atoms with E-state index >= 15 is 9.59 Å². The third kappa shape index (κ3) is 6.10. The zero-order valence-corrected chi connectivity index (χ0v) is 27.8. The summed E-state index contributed by atoms with van der Waals surface area (Å²) in [4.78, 5) is 64.1. The van der Waals surface area contributed by atoms with Crippen molar-refractivity contribution in [3.8, 4) is 0 Å². The molecule has 246 valence electrons. The first kappa shape index (κ1) is 32.7. The van der Waals surface area contributed by atoms with Crippen molar-refractivity contribution in [1.29, 1.82) is 0 Å². The van der Waals surface area contributed by atoms with Crippen molar-refractivity contribution in [3.63, 3.8) is 0 Å². The summed E-state index contributed by atoms with van der Waals surface area (Å²) in [7, 11) is 3.42. The van der Waals surface area contributed by atoms with E-state index in [0.717, 1.165) is 22.3 Å². The van der Waals surface area contributed by atoms with Crippen LogP contribution < -0.4 is 0 Å². The summed E-state index contributed by atoms with van der Waals surface area (Å²) < 4.78 is 0. The number of urea groups is 2. The number of amides is 6. The maximum absolute atomic E-state index is 15.2. The summed E-state index contributed by atoms with van der Waals surface area (Å²) in [5, 5.41) is 0. The zero-order valence-electron chi connectivity index (χ0n) is 27.8. The minimum absolute atomic E-state index is 0.218. The molecule has 8 nitrogen and oxygen atoms in total. The molecule has 2 fully saturated rings. The number of benzene rings is 4. The van der Waals surface area contributed by atoms with Crippen molar-refractivity contribution in [2.75, 3.05) is 14.1 Å². The molecule has 0 N–H and O–H groups in total. The Kier molecular flexibility index (Phi) is 9.44. The Bertz CT molecular complexity index is 1620. The van der Waals surface area contributed by atoms with E-state index in [1.165, 1.54) is 9.80 Å². The molecule has 6 rings (SSSR count). The zero-order chi connectivity index (χ0) is 33.9. The minimum Gasteiger partial charge on any atom is -0.322 e. The molecule has 4 aromatic rings. The van der Waals surface area contributed by atoms with E-state index in [2.05, 4.69) is 0 Å². The maximum Gasteiger partial charge on any atom is 0.327 e. The Hall–Kier alpha value is -5.24. The summed E-state index contributed by atoms with van der Waals surface area (Å²) in [6.45, 7) is 3.87. The quantitative estimate of drug-likeness (QED) is 0.202. The van der Waals surface area contributed by atoms with Crippen molar-refractivity contribution in [2.45, 2.75) is 50.9 Å². The summed E-state index contributed by atoms with van der Waals surface area (Å²) in [5.41, 5.74) is 3.41. The Morgan fingerprint density at radius 3 is 1.12 bits per heavy atom. The van der Waals surface area contributed by atoms with E-state index in [4.69, 9.17) is 0 Å². The average molecular weight is 643 g/mol. The Balaban J connectivity index is 1.49. The average Bonchev–Trinajstić information content (AvgIpc) is 3.49. The highest BCUT2D eigenvalue weighted by atomic mass is 16.2. The molecule has 2 aliphatic rings. The van der Waals surface area contributed by atoms with E-state index in [1.807, 2.05) is 135 Å². The van der Waals surface area contributed by atoms with Crippen LogP contribution in [0.1, 0.15) is 48.2 Å². The number of nitrogens with zero attached hydrogens (tertiary/aromatic N) is 4. The fraction of sp³-hybridized carbons (Fsp3) is 0.300. The van der Waals surface area contributed by atoms with Gasteiger partial charge in [-0.1, -0.05) is 121 Å². The van der Waals surface area contributed by atoms with Gasteiger partial charge in [0.1, 0.15) is 0 Å². The molecule has 8 heteroatoms. The molecule has 48 heavy (non-hydrogen) atoms. The Morgan fingerprint density at radius 1 is 0.521 bits per heavy atom. The van der Waals surface area contributed by atoms with Crippen LogP contribution in [0.15, 0.2) is 121 Å². The number of rotatable bonds is 9. The van der Waals surface area contributed by atoms with Crippen molar-refractivity contribution in [1.82, 2.24) is 19.6 Å². The highest BCUT2D eigenvalue weighted by molar-refractivity contribution is 6.03. The number of imide groups is 2. The second-order valence-corrected chi connectivity index (χ2v) is 13.0. The molecule has 0 saturated carbocycles. The molecule has 0 spiro atoms. The van der Waals surface area contributed by atoms with Gasteiger partial charge < -0.3 is 9.80 Å². The fourth-order valence-corrected chi connectivity index (χ4v) is 7.30. The number of carbonyl (C=O) groups excluding carboxylic acids is 4. The predicted octanol–water partition coefficient (Wildman–Crippen LogP) is 6.75. The van der Waals surface area contributed by atoms with Gasteiger partial charge in [-0.25, -0.2) is 9.59 Å².